The fourth-order valence-corrected chi connectivity index (χ4v) is 6.01. The highest BCUT2D eigenvalue weighted by atomic mass is 35.5. The summed E-state index contributed by atoms with van der Waals surface area (Å²) < 4.78 is 95.2. The number of ether oxygens (including phenoxy) is 2. The molecule has 1 aliphatic rings. The number of aliphatic carboxylic acids is 1. The smallest absolute Gasteiger partial charge is 0.417 e. The number of rotatable bonds is 11. The van der Waals surface area contributed by atoms with Gasteiger partial charge in [0.05, 0.1) is 29.4 Å². The number of hydrogen-bond acceptors (Lipinski definition) is 8. The lowest BCUT2D eigenvalue weighted by Gasteiger charge is -2.36. The van der Waals surface area contributed by atoms with Gasteiger partial charge in [0.25, 0.3) is 10.0 Å². The SMILES string of the molecule is O=C(O)CCC1CN(S(=O)(=O)c2cc(C(F)(F)F)cnc2OCC(O)CO)c2cc(C=Cc3c(F)cccc3Cl)ccc2O1. The zero-order valence-electron chi connectivity index (χ0n) is 22.5. The summed E-state index contributed by atoms with van der Waals surface area (Å²) in [5, 5.41) is 28.0. The summed E-state index contributed by atoms with van der Waals surface area (Å²) in [6.07, 6.45) is -4.87. The topological polar surface area (TPSA) is 146 Å². The summed E-state index contributed by atoms with van der Waals surface area (Å²) in [6, 6.07) is 8.63. The number of carbonyl (C=O) groups is 1. The van der Waals surface area contributed by atoms with Crippen molar-refractivity contribution in [1.29, 1.82) is 0 Å². The first kappa shape index (κ1) is 33.0. The van der Waals surface area contributed by atoms with E-state index in [0.717, 1.165) is 4.31 Å². The third kappa shape index (κ3) is 7.59. The number of carboxylic acid groups (broad SMARTS) is 1. The number of anilines is 1. The van der Waals surface area contributed by atoms with E-state index in [-0.39, 0.29) is 28.4 Å². The first-order valence-electron chi connectivity index (χ1n) is 12.9. The monoisotopic (exact) mass is 660 g/mol. The maximum absolute atomic E-state index is 14.3. The number of aliphatic hydroxyl groups excluding tert-OH is 2. The molecule has 1 aromatic heterocycles. The molecule has 236 valence electrons. The Morgan fingerprint density at radius 3 is 2.64 bits per heavy atom. The molecule has 0 saturated carbocycles. The van der Waals surface area contributed by atoms with Gasteiger partial charge in [0.1, 0.15) is 30.4 Å². The van der Waals surface area contributed by atoms with E-state index in [4.69, 9.17) is 31.3 Å². The molecule has 2 aromatic carbocycles. The molecule has 2 unspecified atom stereocenters. The summed E-state index contributed by atoms with van der Waals surface area (Å²) in [5.41, 5.74) is -1.12. The predicted molar refractivity (Wildman–Crippen MR) is 150 cm³/mol. The minimum Gasteiger partial charge on any atom is -0.486 e. The van der Waals surface area contributed by atoms with E-state index in [0.29, 0.717) is 17.8 Å². The second kappa shape index (κ2) is 13.4. The van der Waals surface area contributed by atoms with Crippen LogP contribution in [0.5, 0.6) is 11.6 Å². The lowest BCUT2D eigenvalue weighted by Crippen LogP contribution is -2.44. The predicted octanol–water partition coefficient (Wildman–Crippen LogP) is 4.62. The van der Waals surface area contributed by atoms with Gasteiger partial charge in [-0.1, -0.05) is 29.8 Å². The van der Waals surface area contributed by atoms with Gasteiger partial charge in [0.15, 0.2) is 4.90 Å². The zero-order valence-corrected chi connectivity index (χ0v) is 24.1. The van der Waals surface area contributed by atoms with Crippen LogP contribution in [0.4, 0.5) is 23.2 Å². The molecule has 44 heavy (non-hydrogen) atoms. The molecule has 0 spiro atoms. The summed E-state index contributed by atoms with van der Waals surface area (Å²) in [5.74, 6) is -2.59. The highest BCUT2D eigenvalue weighted by Gasteiger charge is 2.40. The van der Waals surface area contributed by atoms with Gasteiger partial charge in [-0.3, -0.25) is 9.10 Å². The van der Waals surface area contributed by atoms with E-state index in [1.54, 1.807) is 0 Å². The largest absolute Gasteiger partial charge is 0.486 e. The van der Waals surface area contributed by atoms with Gasteiger partial charge in [-0.2, -0.15) is 13.2 Å². The summed E-state index contributed by atoms with van der Waals surface area (Å²) >= 11 is 6.08. The molecule has 10 nitrogen and oxygen atoms in total. The van der Waals surface area contributed by atoms with Gasteiger partial charge >= 0.3 is 12.1 Å². The molecule has 2 heterocycles. The van der Waals surface area contributed by atoms with Gasteiger partial charge in [-0.15, -0.1) is 0 Å². The number of carboxylic acids is 1. The summed E-state index contributed by atoms with van der Waals surface area (Å²) in [4.78, 5) is 13.7. The van der Waals surface area contributed by atoms with Crippen LogP contribution in [0.3, 0.4) is 0 Å². The Labute approximate surface area is 253 Å². The highest BCUT2D eigenvalue weighted by Crippen LogP contribution is 2.41. The molecule has 0 fully saturated rings. The molecule has 0 aliphatic carbocycles. The number of aromatic nitrogens is 1. The number of nitrogens with zero attached hydrogens (tertiary/aromatic N) is 2. The molecular weight excluding hydrogens is 636 g/mol. The maximum atomic E-state index is 14.3. The van der Waals surface area contributed by atoms with E-state index < -0.39 is 82.7 Å². The van der Waals surface area contributed by atoms with Crippen LogP contribution in [0.1, 0.15) is 29.5 Å². The van der Waals surface area contributed by atoms with Gasteiger partial charge in [-0.25, -0.2) is 17.8 Å². The molecule has 3 N–H and O–H groups in total. The molecule has 4 rings (SSSR count). The van der Waals surface area contributed by atoms with Crippen molar-refractivity contribution < 1.29 is 55.6 Å². The van der Waals surface area contributed by atoms with Gasteiger partial charge in [-0.05, 0) is 48.4 Å². The van der Waals surface area contributed by atoms with Crippen molar-refractivity contribution in [2.75, 3.05) is 24.1 Å². The standard InChI is InChI=1S/C28H25ClF4N2O8S/c29-21-2-1-3-22(30)20(21)7-4-16-5-8-24-23(10-16)35(13-19(43-24)6-9-26(38)39)44(40,41)25-11-17(28(31,32)33)12-34-27(25)42-15-18(37)14-36/h1-5,7-8,10-12,18-19,36-37H,6,9,13-15H2,(H,38,39). The number of alkyl halides is 3. The molecule has 0 amide bonds. The summed E-state index contributed by atoms with van der Waals surface area (Å²) in [6.45, 7) is -1.96. The number of fused-ring (bicyclic) bond motifs is 1. The number of benzene rings is 2. The van der Waals surface area contributed by atoms with Crippen molar-refractivity contribution in [2.45, 2.75) is 36.1 Å². The fourth-order valence-electron chi connectivity index (χ4n) is 4.17. The molecule has 16 heteroatoms. The lowest BCUT2D eigenvalue weighted by atomic mass is 10.1. The number of sulfonamides is 1. The Hall–Kier alpha value is -3.92. The van der Waals surface area contributed by atoms with Crippen LogP contribution in [0, 0.1) is 5.82 Å². The van der Waals surface area contributed by atoms with E-state index in [2.05, 4.69) is 4.98 Å². The number of hydrogen-bond donors (Lipinski definition) is 3. The quantitative estimate of drug-likeness (QED) is 0.198. The molecule has 0 saturated heterocycles. The Kier molecular flexibility index (Phi) is 10.0. The average molecular weight is 661 g/mol. The number of halogens is 5. The average Bonchev–Trinajstić information content (AvgIpc) is 2.97. The van der Waals surface area contributed by atoms with Crippen LogP contribution < -0.4 is 13.8 Å². The van der Waals surface area contributed by atoms with Crippen LogP contribution in [0.25, 0.3) is 12.2 Å². The van der Waals surface area contributed by atoms with Crippen molar-refractivity contribution in [3.05, 3.63) is 76.2 Å². The van der Waals surface area contributed by atoms with E-state index in [1.165, 1.54) is 48.6 Å². The van der Waals surface area contributed by atoms with E-state index >= 15 is 0 Å². The van der Waals surface area contributed by atoms with Crippen LogP contribution in [0.2, 0.25) is 5.02 Å². The molecule has 0 radical (unpaired) electrons. The van der Waals surface area contributed by atoms with E-state index in [9.17, 15) is 35.9 Å². The first-order chi connectivity index (χ1) is 20.7. The molecule has 3 aromatic rings. The third-order valence-corrected chi connectivity index (χ3v) is 8.48. The second-order valence-electron chi connectivity index (χ2n) is 9.58. The normalized spacial score (nSPS) is 16.0. The third-order valence-electron chi connectivity index (χ3n) is 6.37. The molecule has 0 bridgehead atoms. The van der Waals surface area contributed by atoms with Crippen molar-refractivity contribution in [1.82, 2.24) is 4.98 Å². The van der Waals surface area contributed by atoms with Gasteiger partial charge < -0.3 is 24.8 Å². The highest BCUT2D eigenvalue weighted by molar-refractivity contribution is 7.93. The number of pyridine rings is 1. The van der Waals surface area contributed by atoms with Crippen molar-refractivity contribution in [3.8, 4) is 11.6 Å². The number of aliphatic hydroxyl groups is 2. The molecular formula is C28H25ClF4N2O8S. The Bertz CT molecular complexity index is 1650. The van der Waals surface area contributed by atoms with Crippen LogP contribution in [-0.2, 0) is 21.0 Å². The second-order valence-corrected chi connectivity index (χ2v) is 11.8. The fraction of sp³-hybridized carbons (Fsp3) is 0.286. The lowest BCUT2D eigenvalue weighted by molar-refractivity contribution is -0.138. The van der Waals surface area contributed by atoms with Gasteiger partial charge in [0, 0.05) is 18.2 Å². The van der Waals surface area contributed by atoms with Crippen molar-refractivity contribution in [3.63, 3.8) is 0 Å². The van der Waals surface area contributed by atoms with Crippen molar-refractivity contribution in [2.24, 2.45) is 0 Å². The molecule has 2 atom stereocenters. The van der Waals surface area contributed by atoms with E-state index in [1.807, 2.05) is 0 Å². The van der Waals surface area contributed by atoms with Crippen LogP contribution in [-0.4, -0.2) is 66.7 Å². The first-order valence-corrected chi connectivity index (χ1v) is 14.7. The Morgan fingerprint density at radius 2 is 1.98 bits per heavy atom. The van der Waals surface area contributed by atoms with Crippen LogP contribution in [0.15, 0.2) is 53.6 Å². The molecule has 1 aliphatic heterocycles. The Balaban J connectivity index is 1.83. The zero-order chi connectivity index (χ0) is 32.2. The summed E-state index contributed by atoms with van der Waals surface area (Å²) in [7, 11) is -4.94. The van der Waals surface area contributed by atoms with Crippen molar-refractivity contribution >= 4 is 45.4 Å². The minimum atomic E-state index is -4.99. The minimum absolute atomic E-state index is 0.0191. The maximum Gasteiger partial charge on any atom is 0.417 e. The van der Waals surface area contributed by atoms with Gasteiger partial charge in [0.2, 0.25) is 5.88 Å². The Morgan fingerprint density at radius 1 is 1.23 bits per heavy atom. The van der Waals surface area contributed by atoms with Crippen LogP contribution >= 0.6 is 11.6 Å².